The first-order valence-corrected chi connectivity index (χ1v) is 18.3. The van der Waals surface area contributed by atoms with Crippen molar-refractivity contribution >= 4 is 35.6 Å². The zero-order valence-corrected chi connectivity index (χ0v) is 28.7. The molecule has 4 amide bonds. The summed E-state index contributed by atoms with van der Waals surface area (Å²) in [6.45, 7) is 0. The average Bonchev–Trinajstić information content (AvgIpc) is 3.76. The fourth-order valence-corrected chi connectivity index (χ4v) is 9.56. The van der Waals surface area contributed by atoms with Gasteiger partial charge < -0.3 is 9.47 Å². The molecule has 0 bridgehead atoms. The van der Waals surface area contributed by atoms with Crippen LogP contribution in [0.25, 0.3) is 11.1 Å². The quantitative estimate of drug-likeness (QED) is 0.139. The Labute approximate surface area is 305 Å². The van der Waals surface area contributed by atoms with Gasteiger partial charge in [0.05, 0.1) is 40.9 Å². The molecule has 9 rings (SSSR count). The van der Waals surface area contributed by atoms with Crippen molar-refractivity contribution in [1.29, 1.82) is 0 Å². The van der Waals surface area contributed by atoms with Crippen LogP contribution >= 0.6 is 0 Å². The molecule has 6 atom stereocenters. The molecule has 10 heteroatoms. The van der Waals surface area contributed by atoms with Gasteiger partial charge in [-0.2, -0.15) is 0 Å². The van der Waals surface area contributed by atoms with Crippen LogP contribution in [0, 0.1) is 35.5 Å². The van der Waals surface area contributed by atoms with Gasteiger partial charge in [-0.05, 0) is 96.2 Å². The second kappa shape index (κ2) is 12.6. The summed E-state index contributed by atoms with van der Waals surface area (Å²) in [7, 11) is 0. The van der Waals surface area contributed by atoms with Crippen LogP contribution in [0.5, 0.6) is 11.5 Å². The van der Waals surface area contributed by atoms with E-state index in [4.69, 9.17) is 9.47 Å². The fraction of sp³-hybridized carbons (Fsp3) is 0.302. The van der Waals surface area contributed by atoms with Crippen LogP contribution in [-0.2, 0) is 34.2 Å². The van der Waals surface area contributed by atoms with Gasteiger partial charge in [0.15, 0.2) is 0 Å². The maximum atomic E-state index is 13.3. The lowest BCUT2D eigenvalue weighted by Gasteiger charge is -2.34. The third kappa shape index (κ3) is 5.30. The SMILES string of the molecule is O=C(Oc1ccc(C2(c3ccc(OC(=O)C4CCC5C(=O)NC(=O)C5C4)cc3)c3ccccc3-c3ccccc32)cc1)C1CCC2C(=O)NC(=O)C2C1. The number of amides is 4. The Bertz CT molecular complexity index is 2050. The van der Waals surface area contributed by atoms with E-state index in [1.807, 2.05) is 48.5 Å². The Morgan fingerprint density at radius 1 is 0.491 bits per heavy atom. The Balaban J connectivity index is 0.999. The normalized spacial score (nSPS) is 26.4. The molecule has 4 aromatic rings. The van der Waals surface area contributed by atoms with Gasteiger partial charge in [-0.25, -0.2) is 0 Å². The van der Waals surface area contributed by atoms with E-state index in [0.29, 0.717) is 50.0 Å². The first-order valence-electron chi connectivity index (χ1n) is 18.3. The highest BCUT2D eigenvalue weighted by molar-refractivity contribution is 6.06. The maximum absolute atomic E-state index is 13.3. The monoisotopic (exact) mass is 708 g/mol. The first-order chi connectivity index (χ1) is 25.7. The van der Waals surface area contributed by atoms with E-state index in [1.54, 1.807) is 24.3 Å². The molecule has 2 saturated carbocycles. The molecule has 0 radical (unpaired) electrons. The standard InChI is InChI=1S/C43H36N2O8/c46-37-31-19-9-23(21-33(31)39(48)44-37)41(50)52-27-15-11-25(12-16-27)43(35-7-3-1-5-29(35)30-6-2-4-8-36(30)43)26-13-17-28(18-14-26)53-42(51)24-10-20-32-34(22-24)40(49)45-38(32)47/h1-8,11-18,23-24,31-34H,9-10,19-22H2,(H,44,46,48)(H,45,47,49). The highest BCUT2D eigenvalue weighted by atomic mass is 16.5. The molecule has 0 spiro atoms. The van der Waals surface area contributed by atoms with Crippen molar-refractivity contribution in [3.8, 4) is 22.6 Å². The van der Waals surface area contributed by atoms with Crippen LogP contribution in [0.2, 0.25) is 0 Å². The van der Waals surface area contributed by atoms with Gasteiger partial charge in [-0.3, -0.25) is 39.4 Å². The van der Waals surface area contributed by atoms with Crippen LogP contribution in [0.15, 0.2) is 97.1 Å². The summed E-state index contributed by atoms with van der Waals surface area (Å²) in [4.78, 5) is 75.3. The van der Waals surface area contributed by atoms with Gasteiger partial charge in [-0.1, -0.05) is 72.8 Å². The smallest absolute Gasteiger partial charge is 0.314 e. The highest BCUT2D eigenvalue weighted by Gasteiger charge is 2.49. The first kappa shape index (κ1) is 33.0. The van der Waals surface area contributed by atoms with Crippen LogP contribution in [0.4, 0.5) is 0 Å². The summed E-state index contributed by atoms with van der Waals surface area (Å²) in [6, 6.07) is 31.6. The van der Waals surface area contributed by atoms with Gasteiger partial charge in [0, 0.05) is 0 Å². The van der Waals surface area contributed by atoms with Gasteiger partial charge in [0.2, 0.25) is 23.6 Å². The van der Waals surface area contributed by atoms with E-state index in [2.05, 4.69) is 34.9 Å². The summed E-state index contributed by atoms with van der Waals surface area (Å²) in [6.07, 6.45) is 2.51. The topological polar surface area (TPSA) is 145 Å². The van der Waals surface area contributed by atoms with Crippen LogP contribution < -0.4 is 20.1 Å². The Hall–Kier alpha value is -5.90. The van der Waals surface area contributed by atoms with E-state index in [1.165, 1.54) is 0 Å². The molecule has 5 aliphatic rings. The molecule has 4 aromatic carbocycles. The van der Waals surface area contributed by atoms with Gasteiger partial charge >= 0.3 is 11.9 Å². The maximum Gasteiger partial charge on any atom is 0.314 e. The van der Waals surface area contributed by atoms with Crippen molar-refractivity contribution in [3.63, 3.8) is 0 Å². The lowest BCUT2D eigenvalue weighted by atomic mass is 9.68. The summed E-state index contributed by atoms with van der Waals surface area (Å²) < 4.78 is 11.7. The molecule has 2 N–H and O–H groups in total. The van der Waals surface area contributed by atoms with E-state index in [0.717, 1.165) is 33.4 Å². The predicted octanol–water partition coefficient (Wildman–Crippen LogP) is 5.24. The second-order valence-electron chi connectivity index (χ2n) is 14.9. The summed E-state index contributed by atoms with van der Waals surface area (Å²) in [5, 5.41) is 4.79. The van der Waals surface area contributed by atoms with Gasteiger partial charge in [0.1, 0.15) is 11.5 Å². The van der Waals surface area contributed by atoms with E-state index in [9.17, 15) is 28.8 Å². The Kier molecular flexibility index (Phi) is 7.87. The molecule has 0 aromatic heterocycles. The zero-order chi connectivity index (χ0) is 36.4. The number of benzene rings is 4. The molecular weight excluding hydrogens is 672 g/mol. The van der Waals surface area contributed by atoms with E-state index >= 15 is 0 Å². The van der Waals surface area contributed by atoms with Crippen molar-refractivity contribution in [3.05, 3.63) is 119 Å². The number of esters is 2. The van der Waals surface area contributed by atoms with Gasteiger partial charge in [-0.15, -0.1) is 0 Å². The minimum absolute atomic E-state index is 0.250. The molecule has 6 unspecified atom stereocenters. The molecule has 10 nitrogen and oxygen atoms in total. The second-order valence-corrected chi connectivity index (χ2v) is 14.9. The van der Waals surface area contributed by atoms with Gasteiger partial charge in [0.25, 0.3) is 0 Å². The molecule has 266 valence electrons. The third-order valence-electron chi connectivity index (χ3n) is 12.2. The van der Waals surface area contributed by atoms with Crippen molar-refractivity contribution in [2.24, 2.45) is 35.5 Å². The largest absolute Gasteiger partial charge is 0.426 e. The summed E-state index contributed by atoms with van der Waals surface area (Å²) in [5.41, 5.74) is 5.51. The summed E-state index contributed by atoms with van der Waals surface area (Å²) >= 11 is 0. The van der Waals surface area contributed by atoms with Crippen LogP contribution in [0.3, 0.4) is 0 Å². The van der Waals surface area contributed by atoms with Crippen molar-refractivity contribution in [2.45, 2.75) is 43.9 Å². The minimum Gasteiger partial charge on any atom is -0.426 e. The molecule has 3 aliphatic carbocycles. The number of carbonyl (C=O) groups excluding carboxylic acids is 6. The number of imide groups is 2. The Morgan fingerprint density at radius 2 is 0.868 bits per heavy atom. The van der Waals surface area contributed by atoms with Crippen molar-refractivity contribution in [2.75, 3.05) is 0 Å². The number of hydrogen-bond acceptors (Lipinski definition) is 8. The number of hydrogen-bond donors (Lipinski definition) is 2. The number of carbonyl (C=O) groups is 6. The predicted molar refractivity (Wildman–Crippen MR) is 190 cm³/mol. The number of ether oxygens (including phenoxy) is 2. The number of rotatable bonds is 6. The van der Waals surface area contributed by atoms with Crippen LogP contribution in [-0.4, -0.2) is 35.6 Å². The minimum atomic E-state index is -0.750. The van der Waals surface area contributed by atoms with Crippen molar-refractivity contribution in [1.82, 2.24) is 10.6 Å². The van der Waals surface area contributed by atoms with Crippen LogP contribution in [0.1, 0.15) is 60.8 Å². The molecule has 2 aliphatic heterocycles. The lowest BCUT2D eigenvalue weighted by Crippen LogP contribution is -2.33. The van der Waals surface area contributed by atoms with E-state index in [-0.39, 0.29) is 35.5 Å². The van der Waals surface area contributed by atoms with Crippen molar-refractivity contribution < 1.29 is 38.2 Å². The lowest BCUT2D eigenvalue weighted by molar-refractivity contribution is -0.143. The Morgan fingerprint density at radius 3 is 1.28 bits per heavy atom. The molecule has 4 fully saturated rings. The number of nitrogens with one attached hydrogen (secondary N) is 2. The molecular formula is C43H36N2O8. The molecule has 2 saturated heterocycles. The molecule has 2 heterocycles. The third-order valence-corrected chi connectivity index (χ3v) is 12.2. The van der Waals surface area contributed by atoms with E-state index < -0.39 is 41.0 Å². The number of fused-ring (bicyclic) bond motifs is 5. The molecule has 53 heavy (non-hydrogen) atoms. The summed E-state index contributed by atoms with van der Waals surface area (Å²) in [5.74, 6) is -3.82. The zero-order valence-electron chi connectivity index (χ0n) is 28.7. The average molecular weight is 709 g/mol. The fourth-order valence-electron chi connectivity index (χ4n) is 9.56. The highest BCUT2D eigenvalue weighted by Crippen LogP contribution is 2.56.